The van der Waals surface area contributed by atoms with E-state index in [4.69, 9.17) is 10.00 Å². The number of hydrogen-bond acceptors (Lipinski definition) is 4. The van der Waals surface area contributed by atoms with E-state index in [9.17, 15) is 9.59 Å². The lowest BCUT2D eigenvalue weighted by atomic mass is 9.90. The average Bonchev–Trinajstić information content (AvgIpc) is 2.84. The van der Waals surface area contributed by atoms with Crippen LogP contribution in [0.1, 0.15) is 19.4 Å². The van der Waals surface area contributed by atoms with Gasteiger partial charge in [-0.05, 0) is 48.4 Å². The van der Waals surface area contributed by atoms with Gasteiger partial charge in [0, 0.05) is 6.54 Å². The molecular formula is C19H19N3O3. The van der Waals surface area contributed by atoms with Gasteiger partial charge in [-0.2, -0.15) is 5.26 Å². The molecule has 6 heteroatoms. The van der Waals surface area contributed by atoms with Gasteiger partial charge in [0.05, 0.1) is 19.1 Å². The number of amides is 3. The first-order valence-electron chi connectivity index (χ1n) is 8.01. The smallest absolute Gasteiger partial charge is 0.325 e. The van der Waals surface area contributed by atoms with Crippen LogP contribution >= 0.6 is 0 Å². The topological polar surface area (TPSA) is 82.4 Å². The van der Waals surface area contributed by atoms with Gasteiger partial charge in [-0.1, -0.05) is 18.2 Å². The molecule has 0 aromatic heterocycles. The van der Waals surface area contributed by atoms with Crippen LogP contribution in [0, 0.1) is 17.2 Å². The quantitative estimate of drug-likeness (QED) is 0.870. The molecule has 2 aromatic rings. The van der Waals surface area contributed by atoms with Gasteiger partial charge in [-0.15, -0.1) is 0 Å². The number of imide groups is 1. The van der Waals surface area contributed by atoms with Crippen molar-refractivity contribution in [1.29, 1.82) is 5.26 Å². The highest BCUT2D eigenvalue weighted by Gasteiger charge is 2.49. The molecule has 3 rings (SSSR count). The fourth-order valence-electron chi connectivity index (χ4n) is 3.03. The van der Waals surface area contributed by atoms with E-state index < -0.39 is 17.5 Å². The molecule has 0 radical (unpaired) electrons. The summed E-state index contributed by atoms with van der Waals surface area (Å²) in [6.45, 7) is 3.45. The SMILES string of the molecule is COc1ccc2cc([C@@]3(C)NC(=O)N(C[C@@H](C)C#N)C3=O)ccc2c1. The molecule has 1 aliphatic heterocycles. The molecular weight excluding hydrogens is 318 g/mol. The second kappa shape index (κ2) is 6.10. The summed E-state index contributed by atoms with van der Waals surface area (Å²) in [6, 6.07) is 12.9. The van der Waals surface area contributed by atoms with Gasteiger partial charge in [-0.3, -0.25) is 9.69 Å². The molecule has 1 heterocycles. The van der Waals surface area contributed by atoms with Crippen LogP contribution in [0.25, 0.3) is 10.8 Å². The van der Waals surface area contributed by atoms with Crippen molar-refractivity contribution in [2.75, 3.05) is 13.7 Å². The first-order valence-corrected chi connectivity index (χ1v) is 8.01. The van der Waals surface area contributed by atoms with Gasteiger partial charge >= 0.3 is 6.03 Å². The molecule has 25 heavy (non-hydrogen) atoms. The summed E-state index contributed by atoms with van der Waals surface area (Å²) in [7, 11) is 1.61. The zero-order chi connectivity index (χ0) is 18.2. The Balaban J connectivity index is 1.97. The lowest BCUT2D eigenvalue weighted by molar-refractivity contribution is -0.131. The number of benzene rings is 2. The van der Waals surface area contributed by atoms with Crippen molar-refractivity contribution in [3.05, 3.63) is 42.0 Å². The number of methoxy groups -OCH3 is 1. The molecule has 6 nitrogen and oxygen atoms in total. The van der Waals surface area contributed by atoms with Crippen LogP contribution in [0.5, 0.6) is 5.75 Å². The molecule has 1 saturated heterocycles. The number of nitrogens with one attached hydrogen (secondary N) is 1. The van der Waals surface area contributed by atoms with E-state index in [0.717, 1.165) is 21.4 Å². The van der Waals surface area contributed by atoms with Crippen molar-refractivity contribution in [3.8, 4) is 11.8 Å². The monoisotopic (exact) mass is 337 g/mol. The van der Waals surface area contributed by atoms with E-state index in [1.54, 1.807) is 21.0 Å². The number of carbonyl (C=O) groups excluding carboxylic acids is 2. The molecule has 1 aliphatic rings. The molecule has 0 saturated carbocycles. The molecule has 0 bridgehead atoms. The predicted octanol–water partition coefficient (Wildman–Crippen LogP) is 2.78. The van der Waals surface area contributed by atoms with Crippen LogP contribution in [0.15, 0.2) is 36.4 Å². The van der Waals surface area contributed by atoms with Gasteiger partial charge in [0.15, 0.2) is 0 Å². The Morgan fingerprint density at radius 1 is 1.24 bits per heavy atom. The second-order valence-corrected chi connectivity index (χ2v) is 6.43. The van der Waals surface area contributed by atoms with Crippen LogP contribution in [0.2, 0.25) is 0 Å². The Labute approximate surface area is 146 Å². The number of nitriles is 1. The van der Waals surface area contributed by atoms with Gasteiger partial charge in [0.1, 0.15) is 11.3 Å². The van der Waals surface area contributed by atoms with Crippen LogP contribution in [-0.2, 0) is 10.3 Å². The highest BCUT2D eigenvalue weighted by atomic mass is 16.5. The Bertz CT molecular complexity index is 902. The van der Waals surface area contributed by atoms with Crippen molar-refractivity contribution in [3.63, 3.8) is 0 Å². The van der Waals surface area contributed by atoms with E-state index in [-0.39, 0.29) is 12.5 Å². The van der Waals surface area contributed by atoms with Gasteiger partial charge in [0.2, 0.25) is 0 Å². The minimum Gasteiger partial charge on any atom is -0.497 e. The molecule has 2 aromatic carbocycles. The number of fused-ring (bicyclic) bond motifs is 1. The van der Waals surface area contributed by atoms with Crippen LogP contribution < -0.4 is 10.1 Å². The summed E-state index contributed by atoms with van der Waals surface area (Å²) in [4.78, 5) is 26.2. The third-order valence-corrected chi connectivity index (χ3v) is 4.58. The molecule has 2 atom stereocenters. The lowest BCUT2D eigenvalue weighted by Gasteiger charge is -2.23. The van der Waals surface area contributed by atoms with Crippen LogP contribution in [0.4, 0.5) is 4.79 Å². The summed E-state index contributed by atoms with van der Waals surface area (Å²) < 4.78 is 5.22. The fourth-order valence-corrected chi connectivity index (χ4v) is 3.03. The van der Waals surface area contributed by atoms with Gasteiger partial charge in [-0.25, -0.2) is 4.79 Å². The standard InChI is InChI=1S/C19H19N3O3/c1-12(10-20)11-22-17(23)19(2,21-18(22)24)15-6-4-14-9-16(25-3)7-5-13(14)8-15/h4-9,12H,11H2,1-3H3,(H,21,24)/t12-,19+/m0/s1. The highest BCUT2D eigenvalue weighted by Crippen LogP contribution is 2.32. The van der Waals surface area contributed by atoms with Crippen LogP contribution in [0.3, 0.4) is 0 Å². The molecule has 0 spiro atoms. The Morgan fingerprint density at radius 3 is 2.60 bits per heavy atom. The van der Waals surface area contributed by atoms with E-state index in [1.807, 2.05) is 42.5 Å². The normalized spacial score (nSPS) is 21.1. The van der Waals surface area contributed by atoms with E-state index >= 15 is 0 Å². The highest BCUT2D eigenvalue weighted by molar-refractivity contribution is 6.07. The Hall–Kier alpha value is -3.07. The van der Waals surface area contributed by atoms with Crippen molar-refractivity contribution < 1.29 is 14.3 Å². The fraction of sp³-hybridized carbons (Fsp3) is 0.316. The molecule has 128 valence electrons. The van der Waals surface area contributed by atoms with Gasteiger partial charge < -0.3 is 10.1 Å². The average molecular weight is 337 g/mol. The minimum atomic E-state index is -1.14. The van der Waals surface area contributed by atoms with E-state index in [1.165, 1.54) is 0 Å². The maximum atomic E-state index is 12.8. The zero-order valence-electron chi connectivity index (χ0n) is 14.4. The van der Waals surface area contributed by atoms with Crippen molar-refractivity contribution in [2.24, 2.45) is 5.92 Å². The first kappa shape index (κ1) is 16.8. The number of nitrogens with zero attached hydrogens (tertiary/aromatic N) is 2. The second-order valence-electron chi connectivity index (χ2n) is 6.43. The Kier molecular flexibility index (Phi) is 4.09. The van der Waals surface area contributed by atoms with E-state index in [0.29, 0.717) is 5.56 Å². The number of hydrogen-bond donors (Lipinski definition) is 1. The third kappa shape index (κ3) is 2.78. The number of urea groups is 1. The summed E-state index contributed by atoms with van der Waals surface area (Å²) >= 11 is 0. The maximum Gasteiger partial charge on any atom is 0.325 e. The van der Waals surface area contributed by atoms with Crippen molar-refractivity contribution >= 4 is 22.7 Å². The summed E-state index contributed by atoms with van der Waals surface area (Å²) in [5, 5.41) is 13.6. The minimum absolute atomic E-state index is 0.0849. The summed E-state index contributed by atoms with van der Waals surface area (Å²) in [5.74, 6) is 0.00181. The Morgan fingerprint density at radius 2 is 1.92 bits per heavy atom. The lowest BCUT2D eigenvalue weighted by Crippen LogP contribution is -2.41. The summed E-state index contributed by atoms with van der Waals surface area (Å²) in [5.41, 5.74) is -0.434. The molecule has 3 amide bonds. The van der Waals surface area contributed by atoms with E-state index in [2.05, 4.69) is 5.32 Å². The summed E-state index contributed by atoms with van der Waals surface area (Å²) in [6.07, 6.45) is 0. The number of rotatable bonds is 4. The zero-order valence-corrected chi connectivity index (χ0v) is 14.4. The van der Waals surface area contributed by atoms with Crippen LogP contribution in [-0.4, -0.2) is 30.5 Å². The number of carbonyl (C=O) groups is 2. The predicted molar refractivity (Wildman–Crippen MR) is 92.9 cm³/mol. The largest absolute Gasteiger partial charge is 0.497 e. The molecule has 1 fully saturated rings. The molecule has 0 unspecified atom stereocenters. The van der Waals surface area contributed by atoms with Crippen molar-refractivity contribution in [1.82, 2.24) is 10.2 Å². The number of ether oxygens (including phenoxy) is 1. The van der Waals surface area contributed by atoms with Gasteiger partial charge in [0.25, 0.3) is 5.91 Å². The van der Waals surface area contributed by atoms with Crippen molar-refractivity contribution in [2.45, 2.75) is 19.4 Å². The molecule has 1 N–H and O–H groups in total. The third-order valence-electron chi connectivity index (χ3n) is 4.58. The first-order chi connectivity index (χ1) is 11.9. The molecule has 0 aliphatic carbocycles. The maximum absolute atomic E-state index is 12.8.